The molecule has 3 rings (SSSR count). The van der Waals surface area contributed by atoms with Gasteiger partial charge in [0, 0.05) is 35.5 Å². The first-order valence-corrected chi connectivity index (χ1v) is 9.89. The predicted octanol–water partition coefficient (Wildman–Crippen LogP) is 4.70. The summed E-state index contributed by atoms with van der Waals surface area (Å²) >= 11 is 0. The highest BCUT2D eigenvalue weighted by Crippen LogP contribution is 2.32. The van der Waals surface area contributed by atoms with Crippen LogP contribution >= 0.6 is 0 Å². The summed E-state index contributed by atoms with van der Waals surface area (Å²) in [6.07, 6.45) is 2.13. The molecule has 2 aromatic heterocycles. The van der Waals surface area contributed by atoms with Gasteiger partial charge in [0.1, 0.15) is 11.6 Å². The van der Waals surface area contributed by atoms with Crippen LogP contribution < -0.4 is 16.4 Å². The molecule has 2 heterocycles. The number of carbonyl (C=O) groups is 1. The number of halogens is 1. The van der Waals surface area contributed by atoms with Crippen molar-refractivity contribution in [3.63, 3.8) is 0 Å². The fourth-order valence-electron chi connectivity index (χ4n) is 3.22. The van der Waals surface area contributed by atoms with Gasteiger partial charge >= 0.3 is 6.03 Å². The summed E-state index contributed by atoms with van der Waals surface area (Å²) in [7, 11) is 0. The van der Waals surface area contributed by atoms with Gasteiger partial charge in [0.25, 0.3) is 0 Å². The second-order valence-electron chi connectivity index (χ2n) is 8.20. The number of nitrogens with two attached hydrogens (primary N) is 1. The summed E-state index contributed by atoms with van der Waals surface area (Å²) in [6.45, 7) is 7.56. The van der Waals surface area contributed by atoms with Crippen LogP contribution in [0, 0.1) is 36.4 Å². The van der Waals surface area contributed by atoms with Crippen LogP contribution in [0.3, 0.4) is 0 Å². The van der Waals surface area contributed by atoms with Crippen molar-refractivity contribution in [1.82, 2.24) is 15.3 Å². The van der Waals surface area contributed by atoms with Crippen LogP contribution in [0.25, 0.3) is 22.0 Å². The molecule has 8 heteroatoms. The molecule has 1 aromatic carbocycles. The minimum atomic E-state index is -0.546. The van der Waals surface area contributed by atoms with Crippen molar-refractivity contribution in [2.24, 2.45) is 5.41 Å². The fraction of sp³-hybridized carbons (Fsp3) is 0.304. The molecule has 7 nitrogen and oxygen atoms in total. The van der Waals surface area contributed by atoms with Gasteiger partial charge in [0.2, 0.25) is 0 Å². The van der Waals surface area contributed by atoms with E-state index < -0.39 is 17.3 Å². The van der Waals surface area contributed by atoms with E-state index in [0.717, 1.165) is 27.7 Å². The summed E-state index contributed by atoms with van der Waals surface area (Å²) in [4.78, 5) is 20.9. The Morgan fingerprint density at radius 2 is 1.97 bits per heavy atom. The maximum atomic E-state index is 14.5. The van der Waals surface area contributed by atoms with Gasteiger partial charge in [0.15, 0.2) is 0 Å². The molecule has 0 fully saturated rings. The number of aromatic nitrogens is 2. The van der Waals surface area contributed by atoms with Crippen molar-refractivity contribution in [3.05, 3.63) is 47.5 Å². The number of nitrogens with zero attached hydrogens (tertiary/aromatic N) is 3. The van der Waals surface area contributed by atoms with E-state index in [2.05, 4.69) is 26.7 Å². The molecule has 0 aliphatic heterocycles. The standard InChI is InChI=1S/C23H25FN6O/c1-13-7-18(24)20(30-22(31)27-6-5-23(3,4)12-25)9-16(13)17-8-15-11-28-21(26)10-19(15)29-14(17)2/h7-11H,5-6H2,1-4H3,(H2,26,28)(H2,27,30,31). The Morgan fingerprint density at radius 1 is 1.23 bits per heavy atom. The van der Waals surface area contributed by atoms with Crippen LogP contribution in [-0.2, 0) is 0 Å². The zero-order valence-electron chi connectivity index (χ0n) is 18.0. The number of pyridine rings is 2. The van der Waals surface area contributed by atoms with E-state index in [-0.39, 0.29) is 5.69 Å². The molecule has 0 bridgehead atoms. The Balaban J connectivity index is 1.87. The minimum absolute atomic E-state index is 0.0626. The Bertz CT molecular complexity index is 1200. The second kappa shape index (κ2) is 8.56. The number of hydrogen-bond acceptors (Lipinski definition) is 5. The molecule has 2 amide bonds. The van der Waals surface area contributed by atoms with Crippen molar-refractivity contribution in [2.75, 3.05) is 17.6 Å². The van der Waals surface area contributed by atoms with Crippen LogP contribution in [0.4, 0.5) is 20.7 Å². The SMILES string of the molecule is Cc1cc(F)c(NC(=O)NCCC(C)(C)C#N)cc1-c1cc2cnc(N)cc2nc1C. The smallest absolute Gasteiger partial charge is 0.319 e. The first-order valence-electron chi connectivity index (χ1n) is 9.89. The average molecular weight is 420 g/mol. The topological polar surface area (TPSA) is 117 Å². The monoisotopic (exact) mass is 420 g/mol. The van der Waals surface area contributed by atoms with E-state index >= 15 is 0 Å². The van der Waals surface area contributed by atoms with E-state index in [4.69, 9.17) is 11.0 Å². The maximum Gasteiger partial charge on any atom is 0.319 e. The van der Waals surface area contributed by atoms with Crippen LogP contribution in [-0.4, -0.2) is 22.5 Å². The molecule has 0 spiro atoms. The molecule has 0 unspecified atom stereocenters. The highest BCUT2D eigenvalue weighted by Gasteiger charge is 2.17. The molecule has 0 aliphatic rings. The van der Waals surface area contributed by atoms with Crippen molar-refractivity contribution in [3.8, 4) is 17.2 Å². The number of rotatable bonds is 5. The molecule has 4 N–H and O–H groups in total. The molecule has 0 radical (unpaired) electrons. The van der Waals surface area contributed by atoms with Gasteiger partial charge in [-0.3, -0.25) is 4.98 Å². The predicted molar refractivity (Wildman–Crippen MR) is 120 cm³/mol. The van der Waals surface area contributed by atoms with Gasteiger partial charge in [-0.2, -0.15) is 5.26 Å². The number of nitriles is 1. The van der Waals surface area contributed by atoms with Gasteiger partial charge in [-0.25, -0.2) is 14.2 Å². The Kier molecular flexibility index (Phi) is 6.07. The number of fused-ring (bicyclic) bond motifs is 1. The van der Waals surface area contributed by atoms with Crippen LogP contribution in [0.2, 0.25) is 0 Å². The summed E-state index contributed by atoms with van der Waals surface area (Å²) in [6, 6.07) is 8.26. The van der Waals surface area contributed by atoms with Crippen LogP contribution in [0.1, 0.15) is 31.5 Å². The molecule has 160 valence electrons. The average Bonchev–Trinajstić information content (AvgIpc) is 2.69. The molecule has 0 atom stereocenters. The van der Waals surface area contributed by atoms with Gasteiger partial charge in [0.05, 0.1) is 22.7 Å². The summed E-state index contributed by atoms with van der Waals surface area (Å²) in [5, 5.41) is 15.1. The Labute approximate surface area is 180 Å². The Hall–Kier alpha value is -3.73. The van der Waals surface area contributed by atoms with Gasteiger partial charge < -0.3 is 16.4 Å². The number of benzene rings is 1. The third kappa shape index (κ3) is 5.07. The Morgan fingerprint density at radius 3 is 2.68 bits per heavy atom. The lowest BCUT2D eigenvalue weighted by molar-refractivity contribution is 0.250. The van der Waals surface area contributed by atoms with Crippen molar-refractivity contribution in [1.29, 1.82) is 5.26 Å². The highest BCUT2D eigenvalue weighted by atomic mass is 19.1. The normalized spacial score (nSPS) is 11.2. The van der Waals surface area contributed by atoms with Gasteiger partial charge in [-0.1, -0.05) is 0 Å². The number of carbonyl (C=O) groups excluding carboxylic acids is 1. The molecule has 3 aromatic rings. The van der Waals surface area contributed by atoms with Crippen LogP contribution in [0.15, 0.2) is 30.5 Å². The first kappa shape index (κ1) is 22.0. The lowest BCUT2D eigenvalue weighted by Crippen LogP contribution is -2.32. The van der Waals surface area contributed by atoms with Crippen LogP contribution in [0.5, 0.6) is 0 Å². The van der Waals surface area contributed by atoms with Crippen molar-refractivity contribution >= 4 is 28.4 Å². The first-order chi connectivity index (χ1) is 14.6. The third-order valence-corrected chi connectivity index (χ3v) is 5.10. The molecule has 31 heavy (non-hydrogen) atoms. The van der Waals surface area contributed by atoms with E-state index in [1.165, 1.54) is 6.07 Å². The number of urea groups is 1. The maximum absolute atomic E-state index is 14.5. The number of aryl methyl sites for hydroxylation is 2. The largest absolute Gasteiger partial charge is 0.384 e. The lowest BCUT2D eigenvalue weighted by Gasteiger charge is -2.16. The quantitative estimate of drug-likeness (QED) is 0.553. The number of amides is 2. The minimum Gasteiger partial charge on any atom is -0.384 e. The third-order valence-electron chi connectivity index (χ3n) is 5.10. The molecule has 0 saturated carbocycles. The summed E-state index contributed by atoms with van der Waals surface area (Å²) in [5.41, 5.74) is 9.02. The van der Waals surface area contributed by atoms with Crippen molar-refractivity contribution in [2.45, 2.75) is 34.1 Å². The molecule has 0 aliphatic carbocycles. The van der Waals surface area contributed by atoms with E-state index in [0.29, 0.717) is 24.3 Å². The zero-order chi connectivity index (χ0) is 22.8. The zero-order valence-corrected chi connectivity index (χ0v) is 18.0. The molecular weight excluding hydrogens is 395 g/mol. The van der Waals surface area contributed by atoms with Gasteiger partial charge in [-0.05, 0) is 63.4 Å². The fourth-order valence-corrected chi connectivity index (χ4v) is 3.22. The summed E-state index contributed by atoms with van der Waals surface area (Å²) < 4.78 is 14.5. The number of hydrogen-bond donors (Lipinski definition) is 3. The summed E-state index contributed by atoms with van der Waals surface area (Å²) in [5.74, 6) is -0.143. The van der Waals surface area contributed by atoms with E-state index in [9.17, 15) is 9.18 Å². The molecule has 0 saturated heterocycles. The van der Waals surface area contributed by atoms with Crippen molar-refractivity contribution < 1.29 is 9.18 Å². The highest BCUT2D eigenvalue weighted by molar-refractivity contribution is 5.92. The molecular formula is C23H25FN6O. The second-order valence-corrected chi connectivity index (χ2v) is 8.20. The van der Waals surface area contributed by atoms with E-state index in [1.807, 2.05) is 13.0 Å². The number of nitrogen functional groups attached to an aromatic ring is 1. The van der Waals surface area contributed by atoms with E-state index in [1.54, 1.807) is 39.1 Å². The van der Waals surface area contributed by atoms with Gasteiger partial charge in [-0.15, -0.1) is 0 Å². The number of nitrogens with one attached hydrogen (secondary N) is 2. The number of anilines is 2. The lowest BCUT2D eigenvalue weighted by atomic mass is 9.92.